The molecule has 4 nitrogen and oxygen atoms in total. The van der Waals surface area contributed by atoms with Crippen molar-refractivity contribution in [3.05, 3.63) is 54.1 Å². The first-order chi connectivity index (χ1) is 10.5. The van der Waals surface area contributed by atoms with Gasteiger partial charge >= 0.3 is 0 Å². The average Bonchev–Trinajstić information content (AvgIpc) is 2.54. The van der Waals surface area contributed by atoms with Crippen LogP contribution in [0.25, 0.3) is 0 Å². The van der Waals surface area contributed by atoms with Gasteiger partial charge in [-0.05, 0) is 29.8 Å². The summed E-state index contributed by atoms with van der Waals surface area (Å²) >= 11 is 0. The number of anilines is 2. The van der Waals surface area contributed by atoms with Gasteiger partial charge < -0.3 is 19.6 Å². The summed E-state index contributed by atoms with van der Waals surface area (Å²) in [5.41, 5.74) is 3.07. The monoisotopic (exact) mass is 300 g/mol. The van der Waals surface area contributed by atoms with E-state index >= 15 is 0 Å². The maximum atomic E-state index is 10.5. The molecule has 2 aromatic rings. The summed E-state index contributed by atoms with van der Waals surface area (Å²) < 4.78 is 5.21. The van der Waals surface area contributed by atoms with E-state index < -0.39 is 6.10 Å². The quantitative estimate of drug-likeness (QED) is 0.890. The Morgan fingerprint density at radius 3 is 2.32 bits per heavy atom. The first-order valence-corrected chi connectivity index (χ1v) is 7.32. The van der Waals surface area contributed by atoms with Crippen LogP contribution < -0.4 is 14.5 Å². The van der Waals surface area contributed by atoms with E-state index in [1.54, 1.807) is 7.11 Å². The molecule has 0 amide bonds. The fourth-order valence-corrected chi connectivity index (χ4v) is 2.48. The Balaban J connectivity index is 2.16. The number of methoxy groups -OCH3 is 1. The van der Waals surface area contributed by atoms with Gasteiger partial charge in [0.05, 0.1) is 24.6 Å². The molecule has 2 rings (SSSR count). The van der Waals surface area contributed by atoms with E-state index in [0.29, 0.717) is 6.54 Å². The maximum Gasteiger partial charge on any atom is 0.119 e. The second kappa shape index (κ2) is 7.18. The van der Waals surface area contributed by atoms with Crippen LogP contribution in [0.15, 0.2) is 48.5 Å². The molecule has 1 unspecified atom stereocenters. The molecule has 22 heavy (non-hydrogen) atoms. The Bertz CT molecular complexity index is 614. The molecular weight excluding hydrogens is 276 g/mol. The van der Waals surface area contributed by atoms with E-state index in [4.69, 9.17) is 4.74 Å². The van der Waals surface area contributed by atoms with Gasteiger partial charge in [0.15, 0.2) is 0 Å². The number of aliphatic hydroxyl groups excluding tert-OH is 1. The molecule has 2 aromatic carbocycles. The highest BCUT2D eigenvalue weighted by Crippen LogP contribution is 2.28. The van der Waals surface area contributed by atoms with Crippen molar-refractivity contribution in [1.29, 1.82) is 0 Å². The lowest BCUT2D eigenvalue weighted by atomic mass is 10.1. The Hall–Kier alpha value is -2.20. The summed E-state index contributed by atoms with van der Waals surface area (Å²) in [7, 11) is 7.66. The van der Waals surface area contributed by atoms with Crippen LogP contribution in [-0.2, 0) is 0 Å². The molecule has 0 aliphatic heterocycles. The Kier molecular flexibility index (Phi) is 5.28. The number of hydrogen-bond donors (Lipinski definition) is 1. The van der Waals surface area contributed by atoms with Crippen molar-refractivity contribution >= 4 is 11.4 Å². The summed E-state index contributed by atoms with van der Waals surface area (Å²) in [6.07, 6.45) is -0.574. The van der Waals surface area contributed by atoms with Gasteiger partial charge in [0.2, 0.25) is 0 Å². The zero-order valence-electron chi connectivity index (χ0n) is 13.7. The number of ether oxygens (including phenoxy) is 1. The third kappa shape index (κ3) is 3.71. The third-order valence-corrected chi connectivity index (χ3v) is 3.70. The molecule has 0 fully saturated rings. The molecule has 1 atom stereocenters. The maximum absolute atomic E-state index is 10.5. The highest BCUT2D eigenvalue weighted by atomic mass is 16.5. The lowest BCUT2D eigenvalue weighted by molar-refractivity contribution is 0.184. The van der Waals surface area contributed by atoms with Gasteiger partial charge in [-0.25, -0.2) is 0 Å². The van der Waals surface area contributed by atoms with Gasteiger partial charge in [0.25, 0.3) is 0 Å². The first-order valence-electron chi connectivity index (χ1n) is 7.32. The summed E-state index contributed by atoms with van der Waals surface area (Å²) in [6, 6.07) is 15.7. The molecule has 0 heterocycles. The fraction of sp³-hybridized carbons (Fsp3) is 0.333. The Morgan fingerprint density at radius 1 is 1.00 bits per heavy atom. The van der Waals surface area contributed by atoms with Crippen molar-refractivity contribution in [3.8, 4) is 5.75 Å². The van der Waals surface area contributed by atoms with Crippen LogP contribution in [-0.4, -0.2) is 39.9 Å². The van der Waals surface area contributed by atoms with Gasteiger partial charge in [-0.3, -0.25) is 0 Å². The van der Waals surface area contributed by atoms with Crippen LogP contribution in [0.5, 0.6) is 5.75 Å². The van der Waals surface area contributed by atoms with Crippen LogP contribution in [0.3, 0.4) is 0 Å². The smallest absolute Gasteiger partial charge is 0.119 e. The first kappa shape index (κ1) is 16.2. The largest absolute Gasteiger partial charge is 0.497 e. The minimum Gasteiger partial charge on any atom is -0.497 e. The Labute approximate surface area is 132 Å². The zero-order chi connectivity index (χ0) is 16.1. The molecule has 1 N–H and O–H groups in total. The topological polar surface area (TPSA) is 35.9 Å². The zero-order valence-corrected chi connectivity index (χ0v) is 13.7. The molecule has 118 valence electrons. The summed E-state index contributed by atoms with van der Waals surface area (Å²) in [6.45, 7) is 0.512. The highest BCUT2D eigenvalue weighted by molar-refractivity contribution is 5.70. The summed E-state index contributed by atoms with van der Waals surface area (Å²) in [4.78, 5) is 4.14. The molecule has 0 radical (unpaired) electrons. The lowest BCUT2D eigenvalue weighted by Crippen LogP contribution is -2.26. The molecule has 0 aliphatic rings. The van der Waals surface area contributed by atoms with Crippen LogP contribution >= 0.6 is 0 Å². The number of rotatable bonds is 6. The molecule has 0 aromatic heterocycles. The van der Waals surface area contributed by atoms with Crippen molar-refractivity contribution in [2.75, 3.05) is 44.6 Å². The molecule has 0 spiro atoms. The SMILES string of the molecule is COc1cccc(C(O)CN(C)c2ccccc2N(C)C)c1. The molecule has 0 saturated heterocycles. The predicted molar refractivity (Wildman–Crippen MR) is 92.0 cm³/mol. The molecule has 0 aliphatic carbocycles. The standard InChI is InChI=1S/C18H24N2O2/c1-19(2)16-10-5-6-11-17(16)20(3)13-18(21)14-8-7-9-15(12-14)22-4/h5-12,18,21H,13H2,1-4H3. The molecule has 0 bridgehead atoms. The second-order valence-corrected chi connectivity index (χ2v) is 5.56. The lowest BCUT2D eigenvalue weighted by Gasteiger charge is -2.27. The highest BCUT2D eigenvalue weighted by Gasteiger charge is 2.14. The van der Waals surface area contributed by atoms with E-state index in [1.807, 2.05) is 57.5 Å². The van der Waals surface area contributed by atoms with Crippen molar-refractivity contribution in [2.45, 2.75) is 6.10 Å². The average molecular weight is 300 g/mol. The van der Waals surface area contributed by atoms with Crippen LogP contribution in [0, 0.1) is 0 Å². The number of aliphatic hydroxyl groups is 1. The van der Waals surface area contributed by atoms with Crippen molar-refractivity contribution in [3.63, 3.8) is 0 Å². The number of hydrogen-bond acceptors (Lipinski definition) is 4. The third-order valence-electron chi connectivity index (χ3n) is 3.70. The van der Waals surface area contributed by atoms with Gasteiger partial charge in [-0.1, -0.05) is 24.3 Å². The van der Waals surface area contributed by atoms with Crippen molar-refractivity contribution in [1.82, 2.24) is 0 Å². The number of nitrogens with zero attached hydrogens (tertiary/aromatic N) is 2. The van der Waals surface area contributed by atoms with Crippen LogP contribution in [0.2, 0.25) is 0 Å². The minimum atomic E-state index is -0.574. The molecular formula is C18H24N2O2. The Morgan fingerprint density at radius 2 is 1.68 bits per heavy atom. The fourth-order valence-electron chi connectivity index (χ4n) is 2.48. The van der Waals surface area contributed by atoms with Gasteiger partial charge in [-0.2, -0.15) is 0 Å². The van der Waals surface area contributed by atoms with Gasteiger partial charge in [0, 0.05) is 27.7 Å². The molecule has 0 saturated carbocycles. The van der Waals surface area contributed by atoms with E-state index in [9.17, 15) is 5.11 Å². The molecule has 4 heteroatoms. The van der Waals surface area contributed by atoms with Crippen molar-refractivity contribution < 1.29 is 9.84 Å². The van der Waals surface area contributed by atoms with Gasteiger partial charge in [-0.15, -0.1) is 0 Å². The number of benzene rings is 2. The normalized spacial score (nSPS) is 11.9. The minimum absolute atomic E-state index is 0.512. The predicted octanol–water partition coefficient (Wildman–Crippen LogP) is 2.93. The van der Waals surface area contributed by atoms with E-state index in [0.717, 1.165) is 22.7 Å². The summed E-state index contributed by atoms with van der Waals surface area (Å²) in [5, 5.41) is 10.5. The van der Waals surface area contributed by atoms with Crippen molar-refractivity contribution in [2.24, 2.45) is 0 Å². The van der Waals surface area contributed by atoms with E-state index in [2.05, 4.69) is 21.9 Å². The van der Waals surface area contributed by atoms with E-state index in [-0.39, 0.29) is 0 Å². The number of likely N-dealkylation sites (N-methyl/N-ethyl adjacent to an activating group) is 1. The van der Waals surface area contributed by atoms with Gasteiger partial charge in [0.1, 0.15) is 5.75 Å². The number of para-hydroxylation sites is 2. The van der Waals surface area contributed by atoms with E-state index in [1.165, 1.54) is 0 Å². The summed E-state index contributed by atoms with van der Waals surface area (Å²) in [5.74, 6) is 0.757. The second-order valence-electron chi connectivity index (χ2n) is 5.56. The van der Waals surface area contributed by atoms with Crippen LogP contribution in [0.1, 0.15) is 11.7 Å². The van der Waals surface area contributed by atoms with Crippen LogP contribution in [0.4, 0.5) is 11.4 Å².